The first-order chi connectivity index (χ1) is 25.7. The van der Waals surface area contributed by atoms with E-state index in [2.05, 4.69) is 40.8 Å². The highest BCUT2D eigenvalue weighted by Gasteiger charge is 2.20. The van der Waals surface area contributed by atoms with Crippen molar-refractivity contribution in [1.29, 1.82) is 0 Å². The third-order valence-corrected chi connectivity index (χ3v) is 8.51. The molecule has 0 aliphatic heterocycles. The Morgan fingerprint density at radius 1 is 0.679 bits per heavy atom. The van der Waals surface area contributed by atoms with Crippen LogP contribution in [0.25, 0.3) is 33.4 Å². The number of rotatable bonds is 8. The molecule has 6 aromatic heterocycles. The zero-order valence-electron chi connectivity index (χ0n) is 28.5. The van der Waals surface area contributed by atoms with Crippen molar-refractivity contribution >= 4 is 57.1 Å². The van der Waals surface area contributed by atoms with Crippen molar-refractivity contribution in [2.24, 2.45) is 14.1 Å². The molecule has 0 saturated heterocycles. The minimum absolute atomic E-state index is 0.127. The highest BCUT2D eigenvalue weighted by Crippen LogP contribution is 2.21. The van der Waals surface area contributed by atoms with Gasteiger partial charge in [-0.05, 0) is 36.4 Å². The molecule has 266 valence electrons. The van der Waals surface area contributed by atoms with Gasteiger partial charge in [0, 0.05) is 38.9 Å². The standard InChI is InChI=1S/C18H16N6O3.C17H14N6O3/c1-23-13-6-3-5-11(18(26)27-2)15(13)22-14(23)10-20-17(25)12-9-21-24-8-4-7-19-16(12)24;1-22-12-5-2-4-10(17(25)26)14(12)21-13(22)9-19-16(24)11-8-20-23-7-3-6-18-15(11)23/h3-9H,10H2,1-2H3,(H,20,25);2-8H,9H2,1H3,(H,19,24)(H,25,26). The Morgan fingerprint density at radius 3 is 1.62 bits per heavy atom. The molecule has 2 amide bonds. The molecule has 6 heterocycles. The van der Waals surface area contributed by atoms with Crippen LogP contribution >= 0.6 is 0 Å². The van der Waals surface area contributed by atoms with Crippen LogP contribution in [0.3, 0.4) is 0 Å². The minimum atomic E-state index is -1.04. The molecule has 0 aliphatic rings. The maximum Gasteiger partial charge on any atom is 0.340 e. The fraction of sp³-hybridized carbons (Fsp3) is 0.143. The van der Waals surface area contributed by atoms with Crippen molar-refractivity contribution in [3.63, 3.8) is 0 Å². The van der Waals surface area contributed by atoms with E-state index < -0.39 is 11.9 Å². The summed E-state index contributed by atoms with van der Waals surface area (Å²) in [5.41, 5.74) is 4.58. The van der Waals surface area contributed by atoms with Crippen molar-refractivity contribution in [3.8, 4) is 0 Å². The number of carboxylic acids is 1. The second-order valence-electron chi connectivity index (χ2n) is 11.6. The molecule has 3 N–H and O–H groups in total. The summed E-state index contributed by atoms with van der Waals surface area (Å²) in [5.74, 6) is -0.966. The number of imidazole rings is 2. The topological polar surface area (TPSA) is 218 Å². The van der Waals surface area contributed by atoms with E-state index in [9.17, 15) is 24.3 Å². The Balaban J connectivity index is 0.000000164. The number of hydrogen-bond acceptors (Lipinski definition) is 11. The van der Waals surface area contributed by atoms with Crippen LogP contribution in [0.15, 0.2) is 85.7 Å². The maximum absolute atomic E-state index is 12.5. The molecule has 8 rings (SSSR count). The lowest BCUT2D eigenvalue weighted by atomic mass is 10.2. The summed E-state index contributed by atoms with van der Waals surface area (Å²) >= 11 is 0. The van der Waals surface area contributed by atoms with E-state index in [-0.39, 0.29) is 30.5 Å². The largest absolute Gasteiger partial charge is 0.478 e. The number of carbonyl (C=O) groups excluding carboxylic acids is 3. The average molecular weight is 715 g/mol. The zero-order valence-corrected chi connectivity index (χ0v) is 28.5. The second kappa shape index (κ2) is 14.0. The summed E-state index contributed by atoms with van der Waals surface area (Å²) in [6, 6.07) is 13.7. The zero-order chi connectivity index (χ0) is 37.2. The van der Waals surface area contributed by atoms with Crippen LogP contribution in [0, 0.1) is 0 Å². The van der Waals surface area contributed by atoms with Crippen LogP contribution in [0.2, 0.25) is 0 Å². The summed E-state index contributed by atoms with van der Waals surface area (Å²) in [6.07, 6.45) is 9.55. The van der Waals surface area contributed by atoms with Gasteiger partial charge < -0.3 is 29.6 Å². The lowest BCUT2D eigenvalue weighted by Crippen LogP contribution is -2.24. The maximum atomic E-state index is 12.5. The highest BCUT2D eigenvalue weighted by atomic mass is 16.5. The molecule has 2 aromatic carbocycles. The summed E-state index contributed by atoms with van der Waals surface area (Å²) in [4.78, 5) is 65.5. The number of carbonyl (C=O) groups is 4. The quantitative estimate of drug-likeness (QED) is 0.194. The number of aryl methyl sites for hydroxylation is 2. The lowest BCUT2D eigenvalue weighted by molar-refractivity contribution is 0.0601. The average Bonchev–Trinajstić information content (AvgIpc) is 3.96. The number of esters is 1. The third-order valence-electron chi connectivity index (χ3n) is 8.51. The Hall–Kier alpha value is -7.50. The number of hydrogen-bond donors (Lipinski definition) is 3. The third kappa shape index (κ3) is 6.35. The van der Waals surface area contributed by atoms with Gasteiger partial charge in [0.05, 0.1) is 54.8 Å². The Labute approximate surface area is 298 Å². The monoisotopic (exact) mass is 714 g/mol. The van der Waals surface area contributed by atoms with Crippen LogP contribution < -0.4 is 10.6 Å². The second-order valence-corrected chi connectivity index (χ2v) is 11.6. The molecular formula is C35H30N12O6. The molecular weight excluding hydrogens is 684 g/mol. The van der Waals surface area contributed by atoms with Crippen LogP contribution in [-0.2, 0) is 31.9 Å². The van der Waals surface area contributed by atoms with E-state index in [1.165, 1.54) is 34.6 Å². The Bertz CT molecular complexity index is 2710. The molecule has 0 fully saturated rings. The van der Waals surface area contributed by atoms with E-state index in [0.717, 1.165) is 5.52 Å². The van der Waals surface area contributed by atoms with Gasteiger partial charge >= 0.3 is 11.9 Å². The molecule has 0 spiro atoms. The fourth-order valence-electron chi connectivity index (χ4n) is 5.77. The molecule has 8 aromatic rings. The first-order valence-corrected chi connectivity index (χ1v) is 16.0. The number of fused-ring (bicyclic) bond motifs is 4. The number of ether oxygens (including phenoxy) is 1. The summed E-state index contributed by atoms with van der Waals surface area (Å²) < 4.78 is 11.4. The number of methoxy groups -OCH3 is 1. The highest BCUT2D eigenvalue weighted by molar-refractivity contribution is 6.03. The number of aromatic carboxylic acids is 1. The summed E-state index contributed by atoms with van der Waals surface area (Å²) in [6.45, 7) is 0.335. The van der Waals surface area contributed by atoms with E-state index in [1.807, 2.05) is 17.7 Å². The SMILES string of the molecule is COC(=O)c1cccc2c1nc(CNC(=O)c1cnn3cccnc13)n2C.Cn1c(CNC(=O)c2cnn3cccnc23)nc2c(C(=O)O)cccc21. The van der Waals surface area contributed by atoms with Gasteiger partial charge in [-0.1, -0.05) is 12.1 Å². The van der Waals surface area contributed by atoms with Gasteiger partial charge in [0.15, 0.2) is 11.3 Å². The smallest absolute Gasteiger partial charge is 0.340 e. The van der Waals surface area contributed by atoms with Crippen molar-refractivity contribution in [2.75, 3.05) is 7.11 Å². The Kier molecular flexibility index (Phi) is 8.99. The summed E-state index contributed by atoms with van der Waals surface area (Å²) in [5, 5.41) is 23.1. The normalized spacial score (nSPS) is 11.1. The van der Waals surface area contributed by atoms with Gasteiger partial charge in [0.25, 0.3) is 11.8 Å². The van der Waals surface area contributed by atoms with Gasteiger partial charge in [-0.2, -0.15) is 10.2 Å². The molecule has 0 unspecified atom stereocenters. The summed E-state index contributed by atoms with van der Waals surface area (Å²) in [7, 11) is 4.93. The van der Waals surface area contributed by atoms with Gasteiger partial charge in [0.1, 0.15) is 33.8 Å². The van der Waals surface area contributed by atoms with Gasteiger partial charge in [0.2, 0.25) is 0 Å². The molecule has 0 bridgehead atoms. The number of aromatic nitrogens is 10. The van der Waals surface area contributed by atoms with Crippen molar-refractivity contribution in [1.82, 2.24) is 58.9 Å². The number of para-hydroxylation sites is 2. The number of carboxylic acid groups (broad SMARTS) is 1. The lowest BCUT2D eigenvalue weighted by Gasteiger charge is -2.04. The minimum Gasteiger partial charge on any atom is -0.478 e. The molecule has 18 nitrogen and oxygen atoms in total. The van der Waals surface area contributed by atoms with Crippen LogP contribution in [-0.4, -0.2) is 84.3 Å². The number of benzene rings is 2. The first kappa shape index (κ1) is 34.0. The van der Waals surface area contributed by atoms with E-state index >= 15 is 0 Å². The van der Waals surface area contributed by atoms with Crippen LogP contribution in [0.1, 0.15) is 53.1 Å². The van der Waals surface area contributed by atoms with Gasteiger partial charge in [-0.25, -0.2) is 38.6 Å². The fourth-order valence-corrected chi connectivity index (χ4v) is 5.77. The molecule has 53 heavy (non-hydrogen) atoms. The van der Waals surface area contributed by atoms with E-state index in [1.54, 1.807) is 72.8 Å². The molecule has 0 atom stereocenters. The van der Waals surface area contributed by atoms with Crippen molar-refractivity contribution < 1.29 is 29.0 Å². The molecule has 0 radical (unpaired) electrons. The predicted molar refractivity (Wildman–Crippen MR) is 188 cm³/mol. The number of nitrogens with one attached hydrogen (secondary N) is 2. The van der Waals surface area contributed by atoms with Crippen molar-refractivity contribution in [3.05, 3.63) is 120 Å². The predicted octanol–water partition coefficient (Wildman–Crippen LogP) is 2.58. The van der Waals surface area contributed by atoms with E-state index in [4.69, 9.17) is 4.74 Å². The van der Waals surface area contributed by atoms with Crippen LogP contribution in [0.5, 0.6) is 0 Å². The van der Waals surface area contributed by atoms with E-state index in [0.29, 0.717) is 56.2 Å². The first-order valence-electron chi connectivity index (χ1n) is 16.0. The van der Waals surface area contributed by atoms with Gasteiger partial charge in [-0.3, -0.25) is 9.59 Å². The molecule has 0 saturated carbocycles. The van der Waals surface area contributed by atoms with Crippen LogP contribution in [0.4, 0.5) is 0 Å². The molecule has 18 heteroatoms. The Morgan fingerprint density at radius 2 is 1.15 bits per heavy atom. The van der Waals surface area contributed by atoms with Crippen molar-refractivity contribution in [2.45, 2.75) is 13.1 Å². The molecule has 0 aliphatic carbocycles. The van der Waals surface area contributed by atoms with Gasteiger partial charge in [-0.15, -0.1) is 0 Å². The number of nitrogens with zero attached hydrogens (tertiary/aromatic N) is 10. The number of amides is 2.